The van der Waals surface area contributed by atoms with Crippen molar-refractivity contribution >= 4 is 43.5 Å². The number of halogens is 3. The molecule has 0 fully saturated rings. The van der Waals surface area contributed by atoms with Gasteiger partial charge in [0.05, 0.1) is 20.4 Å². The van der Waals surface area contributed by atoms with Crippen LogP contribution in [0, 0.1) is 0 Å². The predicted molar refractivity (Wildman–Crippen MR) is 62.3 cm³/mol. The summed E-state index contributed by atoms with van der Waals surface area (Å²) in [6.07, 6.45) is -0.622. The first kappa shape index (κ1) is 10.7. The lowest BCUT2D eigenvalue weighted by Gasteiger charge is -2.28. The fourth-order valence-corrected chi connectivity index (χ4v) is 2.52. The van der Waals surface area contributed by atoms with Crippen LogP contribution in [0.2, 0.25) is 5.02 Å². The molecule has 2 rings (SSSR count). The van der Waals surface area contributed by atoms with Gasteiger partial charge in [0.25, 0.3) is 0 Å². The van der Waals surface area contributed by atoms with Crippen LogP contribution in [0.3, 0.4) is 0 Å². The van der Waals surface area contributed by atoms with Gasteiger partial charge in [-0.2, -0.15) is 0 Å². The van der Waals surface area contributed by atoms with E-state index in [0.29, 0.717) is 22.9 Å². The minimum absolute atomic E-state index is 0.109. The minimum Gasteiger partial charge on any atom is -0.491 e. The second-order valence-corrected chi connectivity index (χ2v) is 5.48. The number of aliphatic hydroxyl groups is 1. The Morgan fingerprint density at radius 1 is 1.50 bits per heavy atom. The van der Waals surface area contributed by atoms with Gasteiger partial charge < -0.3 is 9.84 Å². The molecule has 0 saturated heterocycles. The van der Waals surface area contributed by atoms with E-state index < -0.39 is 6.10 Å². The van der Waals surface area contributed by atoms with Crippen molar-refractivity contribution in [3.05, 3.63) is 27.2 Å². The summed E-state index contributed by atoms with van der Waals surface area (Å²) >= 11 is 12.7. The van der Waals surface area contributed by atoms with Crippen LogP contribution in [0.5, 0.6) is 5.75 Å². The van der Waals surface area contributed by atoms with Gasteiger partial charge in [0.2, 0.25) is 0 Å². The molecular formula is C9H7Br2ClO2. The summed E-state index contributed by atoms with van der Waals surface area (Å²) < 4.78 is 6.29. The second kappa shape index (κ2) is 4.00. The van der Waals surface area contributed by atoms with Gasteiger partial charge in [-0.3, -0.25) is 0 Å². The van der Waals surface area contributed by atoms with Gasteiger partial charge in [0, 0.05) is 5.56 Å². The Kier molecular flexibility index (Phi) is 3.07. The van der Waals surface area contributed by atoms with Gasteiger partial charge in [-0.25, -0.2) is 0 Å². The third-order valence-electron chi connectivity index (χ3n) is 2.12. The van der Waals surface area contributed by atoms with Crippen LogP contribution in [0.15, 0.2) is 16.6 Å². The Bertz CT molecular complexity index is 370. The Labute approximate surface area is 103 Å². The Hall–Kier alpha value is 0.230. The maximum absolute atomic E-state index is 9.90. The molecule has 0 spiro atoms. The molecule has 1 aromatic carbocycles. The van der Waals surface area contributed by atoms with Gasteiger partial charge in [-0.05, 0) is 28.1 Å². The van der Waals surface area contributed by atoms with E-state index in [-0.39, 0.29) is 4.83 Å². The first-order valence-electron chi connectivity index (χ1n) is 4.04. The van der Waals surface area contributed by atoms with Crippen molar-refractivity contribution in [1.29, 1.82) is 0 Å². The normalized spacial score (nSPS) is 25.4. The fourth-order valence-electron chi connectivity index (χ4n) is 1.41. The number of alkyl halides is 1. The quantitative estimate of drug-likeness (QED) is 0.733. The van der Waals surface area contributed by atoms with Crippen LogP contribution >= 0.6 is 43.5 Å². The third kappa shape index (κ3) is 1.69. The van der Waals surface area contributed by atoms with Gasteiger partial charge in [0.1, 0.15) is 12.4 Å². The van der Waals surface area contributed by atoms with E-state index in [4.69, 9.17) is 16.3 Å². The molecule has 2 atom stereocenters. The molecule has 1 N–H and O–H groups in total. The Balaban J connectivity index is 2.58. The van der Waals surface area contributed by atoms with Gasteiger partial charge in [0.15, 0.2) is 0 Å². The van der Waals surface area contributed by atoms with Crippen LogP contribution in [-0.2, 0) is 0 Å². The first-order chi connectivity index (χ1) is 6.61. The molecule has 0 radical (unpaired) electrons. The molecule has 1 aliphatic heterocycles. The largest absolute Gasteiger partial charge is 0.491 e. The van der Waals surface area contributed by atoms with E-state index in [1.807, 2.05) is 6.07 Å². The highest BCUT2D eigenvalue weighted by atomic mass is 79.9. The van der Waals surface area contributed by atoms with E-state index in [0.717, 1.165) is 4.47 Å². The lowest BCUT2D eigenvalue weighted by Crippen LogP contribution is -2.26. The number of benzene rings is 1. The summed E-state index contributed by atoms with van der Waals surface area (Å²) in [7, 11) is 0. The van der Waals surface area contributed by atoms with Crippen molar-refractivity contribution in [1.82, 2.24) is 0 Å². The number of hydrogen-bond donors (Lipinski definition) is 1. The highest BCUT2D eigenvalue weighted by Gasteiger charge is 2.30. The molecule has 0 amide bonds. The number of rotatable bonds is 0. The minimum atomic E-state index is -0.622. The van der Waals surface area contributed by atoms with Crippen molar-refractivity contribution in [3.8, 4) is 5.75 Å². The summed E-state index contributed by atoms with van der Waals surface area (Å²) in [6.45, 7) is 0.438. The standard InChI is InChI=1S/C9H7Br2ClO2/c10-4-1-2-6(12)7-8(13)5(11)3-14-9(4)7/h1-2,5,8,13H,3H2. The average Bonchev–Trinajstić information content (AvgIpc) is 2.16. The third-order valence-corrected chi connectivity index (χ3v) is 3.84. The average molecular weight is 342 g/mol. The molecule has 1 aromatic rings. The molecule has 2 nitrogen and oxygen atoms in total. The molecule has 2 unspecified atom stereocenters. The SMILES string of the molecule is OC1c2c(Cl)ccc(Br)c2OCC1Br. The zero-order chi connectivity index (χ0) is 10.3. The van der Waals surface area contributed by atoms with Crippen LogP contribution in [0.25, 0.3) is 0 Å². The van der Waals surface area contributed by atoms with Gasteiger partial charge >= 0.3 is 0 Å². The van der Waals surface area contributed by atoms with Crippen molar-refractivity contribution in [2.75, 3.05) is 6.61 Å². The van der Waals surface area contributed by atoms with E-state index in [9.17, 15) is 5.11 Å². The molecule has 0 aromatic heterocycles. The van der Waals surface area contributed by atoms with Crippen LogP contribution in [-0.4, -0.2) is 16.5 Å². The van der Waals surface area contributed by atoms with Gasteiger partial charge in [-0.1, -0.05) is 27.5 Å². The number of fused-ring (bicyclic) bond motifs is 1. The summed E-state index contributed by atoms with van der Waals surface area (Å²) in [6, 6.07) is 3.55. The van der Waals surface area contributed by atoms with Crippen molar-refractivity contribution in [2.45, 2.75) is 10.9 Å². The number of ether oxygens (including phenoxy) is 1. The molecular weight excluding hydrogens is 335 g/mol. The summed E-state index contributed by atoms with van der Waals surface area (Å²) in [5.74, 6) is 0.640. The number of aliphatic hydroxyl groups excluding tert-OH is 1. The summed E-state index contributed by atoms with van der Waals surface area (Å²) in [4.78, 5) is -0.109. The Morgan fingerprint density at radius 2 is 2.21 bits per heavy atom. The molecule has 76 valence electrons. The lowest BCUT2D eigenvalue weighted by molar-refractivity contribution is 0.125. The molecule has 5 heteroatoms. The van der Waals surface area contributed by atoms with Crippen molar-refractivity contribution < 1.29 is 9.84 Å². The lowest BCUT2D eigenvalue weighted by atomic mass is 10.0. The fraction of sp³-hybridized carbons (Fsp3) is 0.333. The monoisotopic (exact) mass is 340 g/mol. The predicted octanol–water partition coefficient (Wildman–Crippen LogP) is 3.29. The smallest absolute Gasteiger partial charge is 0.140 e. The maximum Gasteiger partial charge on any atom is 0.140 e. The van der Waals surface area contributed by atoms with Crippen LogP contribution < -0.4 is 4.74 Å². The molecule has 1 heterocycles. The summed E-state index contributed by atoms with van der Waals surface area (Å²) in [5, 5.41) is 10.4. The van der Waals surface area contributed by atoms with E-state index >= 15 is 0 Å². The Morgan fingerprint density at radius 3 is 2.93 bits per heavy atom. The van der Waals surface area contributed by atoms with Crippen molar-refractivity contribution in [2.24, 2.45) is 0 Å². The van der Waals surface area contributed by atoms with Crippen LogP contribution in [0.4, 0.5) is 0 Å². The maximum atomic E-state index is 9.90. The van der Waals surface area contributed by atoms with Crippen molar-refractivity contribution in [3.63, 3.8) is 0 Å². The molecule has 0 aliphatic carbocycles. The topological polar surface area (TPSA) is 29.5 Å². The molecule has 14 heavy (non-hydrogen) atoms. The van der Waals surface area contributed by atoms with Gasteiger partial charge in [-0.15, -0.1) is 0 Å². The zero-order valence-electron chi connectivity index (χ0n) is 7.01. The van der Waals surface area contributed by atoms with E-state index in [2.05, 4.69) is 31.9 Å². The first-order valence-corrected chi connectivity index (χ1v) is 6.12. The number of hydrogen-bond acceptors (Lipinski definition) is 2. The highest BCUT2D eigenvalue weighted by molar-refractivity contribution is 9.10. The molecule has 0 bridgehead atoms. The van der Waals surface area contributed by atoms with E-state index in [1.54, 1.807) is 6.07 Å². The zero-order valence-corrected chi connectivity index (χ0v) is 10.9. The molecule has 0 saturated carbocycles. The highest BCUT2D eigenvalue weighted by Crippen LogP contribution is 2.43. The summed E-state index contributed by atoms with van der Waals surface area (Å²) in [5.41, 5.74) is 0.647. The molecule has 1 aliphatic rings. The van der Waals surface area contributed by atoms with Crippen LogP contribution in [0.1, 0.15) is 11.7 Å². The second-order valence-electron chi connectivity index (χ2n) is 3.04. The van der Waals surface area contributed by atoms with E-state index in [1.165, 1.54) is 0 Å².